The Kier molecular flexibility index (Phi) is 5.71. The molecule has 2 aromatic carbocycles. The molecule has 1 amide bonds. The summed E-state index contributed by atoms with van der Waals surface area (Å²) in [5.41, 5.74) is 5.91. The highest BCUT2D eigenvalue weighted by atomic mass is 16.1. The van der Waals surface area contributed by atoms with Crippen LogP contribution in [0.5, 0.6) is 0 Å². The van der Waals surface area contributed by atoms with Crippen LogP contribution in [0.2, 0.25) is 0 Å². The van der Waals surface area contributed by atoms with E-state index in [-0.39, 0.29) is 18.7 Å². The maximum absolute atomic E-state index is 11.8. The molecule has 0 spiro atoms. The number of pyridine rings is 2. The monoisotopic (exact) mass is 447 g/mol. The lowest BCUT2D eigenvalue weighted by atomic mass is 10.1. The van der Waals surface area contributed by atoms with Crippen molar-refractivity contribution in [3.8, 4) is 22.9 Å². The van der Waals surface area contributed by atoms with Gasteiger partial charge in [-0.3, -0.25) is 9.78 Å². The first-order valence-electron chi connectivity index (χ1n) is 11.1. The standard InChI is InChI=1S/C27H22N6O/c1-19-31-33(23-11-9-20(10-12-23)17-30-26(34)8-5-14-28)27-24-16-22(21-6-3-2-4-7-21)18-29-25(24)13-15-32(19)27/h2-4,6-7,9-13,15-16,18H,5,8,17H2,1H3/p+1. The van der Waals surface area contributed by atoms with Gasteiger partial charge in [0.15, 0.2) is 0 Å². The molecule has 0 saturated heterocycles. The van der Waals surface area contributed by atoms with Gasteiger partial charge < -0.3 is 5.32 Å². The number of nitrogens with one attached hydrogen (secondary N) is 1. The van der Waals surface area contributed by atoms with Crippen LogP contribution in [0, 0.1) is 18.3 Å². The number of aryl methyl sites for hydroxylation is 1. The van der Waals surface area contributed by atoms with Gasteiger partial charge in [-0.15, -0.1) is 0 Å². The van der Waals surface area contributed by atoms with Crippen molar-refractivity contribution >= 4 is 22.5 Å². The zero-order valence-corrected chi connectivity index (χ0v) is 18.8. The predicted octanol–water partition coefficient (Wildman–Crippen LogP) is 4.05. The maximum atomic E-state index is 11.8. The van der Waals surface area contributed by atoms with E-state index in [1.54, 1.807) is 0 Å². The van der Waals surface area contributed by atoms with Crippen LogP contribution in [0.25, 0.3) is 33.4 Å². The first-order valence-corrected chi connectivity index (χ1v) is 11.1. The van der Waals surface area contributed by atoms with E-state index in [4.69, 9.17) is 15.3 Å². The second kappa shape index (κ2) is 9.12. The number of fused-ring (bicyclic) bond motifs is 3. The Hall–Kier alpha value is -4.57. The van der Waals surface area contributed by atoms with Crippen molar-refractivity contribution < 1.29 is 9.20 Å². The van der Waals surface area contributed by atoms with Crippen LogP contribution in [-0.4, -0.2) is 20.7 Å². The topological polar surface area (TPSA) is 87.7 Å². The van der Waals surface area contributed by atoms with E-state index < -0.39 is 0 Å². The highest BCUT2D eigenvalue weighted by molar-refractivity contribution is 5.92. The summed E-state index contributed by atoms with van der Waals surface area (Å²) in [4.78, 5) is 16.5. The van der Waals surface area contributed by atoms with E-state index in [0.29, 0.717) is 6.54 Å². The van der Waals surface area contributed by atoms with Gasteiger partial charge in [0.25, 0.3) is 11.5 Å². The Morgan fingerprint density at radius 1 is 1.09 bits per heavy atom. The second-order valence-corrected chi connectivity index (χ2v) is 8.09. The van der Waals surface area contributed by atoms with Gasteiger partial charge in [-0.05, 0) is 35.4 Å². The number of hydrogen-bond donors (Lipinski definition) is 1. The molecule has 166 valence electrons. The van der Waals surface area contributed by atoms with Crippen molar-refractivity contribution in [3.05, 3.63) is 90.5 Å². The minimum atomic E-state index is -0.121. The fourth-order valence-corrected chi connectivity index (χ4v) is 4.03. The zero-order chi connectivity index (χ0) is 23.5. The number of benzene rings is 2. The Bertz CT molecular complexity index is 1530. The van der Waals surface area contributed by atoms with Gasteiger partial charge in [-0.25, -0.2) is 4.40 Å². The minimum Gasteiger partial charge on any atom is -0.352 e. The summed E-state index contributed by atoms with van der Waals surface area (Å²) in [6.07, 6.45) is 4.34. The average Bonchev–Trinajstić information content (AvgIpc) is 3.23. The van der Waals surface area contributed by atoms with Crippen LogP contribution in [0.4, 0.5) is 0 Å². The number of hydrogen-bond acceptors (Lipinski definition) is 4. The van der Waals surface area contributed by atoms with Crippen molar-refractivity contribution in [1.82, 2.24) is 20.1 Å². The molecule has 0 unspecified atom stereocenters. The SMILES string of the molecule is Cc1nn(-c2ccc(CNC(=O)CCC#N)cc2)c2c3cc(-c4ccccc4)cnc3cc[n+]12. The van der Waals surface area contributed by atoms with Crippen molar-refractivity contribution in [3.63, 3.8) is 0 Å². The third-order valence-electron chi connectivity index (χ3n) is 5.80. The van der Waals surface area contributed by atoms with E-state index >= 15 is 0 Å². The van der Waals surface area contributed by atoms with E-state index in [1.807, 2.05) is 78.6 Å². The maximum Gasteiger partial charge on any atom is 0.280 e. The van der Waals surface area contributed by atoms with Gasteiger partial charge in [0.1, 0.15) is 5.69 Å². The summed E-state index contributed by atoms with van der Waals surface area (Å²) in [6.45, 7) is 2.40. The molecule has 0 aliphatic carbocycles. The minimum absolute atomic E-state index is 0.121. The van der Waals surface area contributed by atoms with Crippen LogP contribution in [0.15, 0.2) is 79.1 Å². The van der Waals surface area contributed by atoms with Crippen LogP contribution in [0.3, 0.4) is 0 Å². The Balaban J connectivity index is 1.53. The Morgan fingerprint density at radius 3 is 2.65 bits per heavy atom. The van der Waals surface area contributed by atoms with Gasteiger partial charge in [-0.2, -0.15) is 5.26 Å². The summed E-state index contributed by atoms with van der Waals surface area (Å²) < 4.78 is 4.01. The van der Waals surface area contributed by atoms with E-state index in [0.717, 1.165) is 44.8 Å². The molecular weight excluding hydrogens is 424 g/mol. The normalized spacial score (nSPS) is 10.9. The van der Waals surface area contributed by atoms with Crippen molar-refractivity contribution in [2.75, 3.05) is 0 Å². The number of carbonyl (C=O) groups excluding carboxylic acids is 1. The fraction of sp³-hybridized carbons (Fsp3) is 0.148. The first-order chi connectivity index (χ1) is 16.6. The highest BCUT2D eigenvalue weighted by Gasteiger charge is 2.21. The smallest absolute Gasteiger partial charge is 0.280 e. The summed E-state index contributed by atoms with van der Waals surface area (Å²) in [7, 11) is 0. The second-order valence-electron chi connectivity index (χ2n) is 8.09. The van der Waals surface area contributed by atoms with E-state index in [9.17, 15) is 4.79 Å². The number of amides is 1. The predicted molar refractivity (Wildman–Crippen MR) is 129 cm³/mol. The molecular formula is C27H23N6O+. The molecule has 0 radical (unpaired) electrons. The number of carbonyl (C=O) groups is 1. The molecule has 7 heteroatoms. The molecule has 1 N–H and O–H groups in total. The van der Waals surface area contributed by atoms with E-state index in [2.05, 4.69) is 27.9 Å². The largest absolute Gasteiger partial charge is 0.352 e. The Labute approximate surface area is 196 Å². The first kappa shape index (κ1) is 21.3. The summed E-state index contributed by atoms with van der Waals surface area (Å²) >= 11 is 0. The molecule has 0 bridgehead atoms. The van der Waals surface area contributed by atoms with Crippen molar-refractivity contribution in [1.29, 1.82) is 5.26 Å². The number of aromatic nitrogens is 4. The third-order valence-corrected chi connectivity index (χ3v) is 5.80. The zero-order valence-electron chi connectivity index (χ0n) is 18.8. The molecule has 5 rings (SSSR count). The fourth-order valence-electron chi connectivity index (χ4n) is 4.03. The molecule has 0 aliphatic rings. The van der Waals surface area contributed by atoms with Crippen molar-refractivity contribution in [2.45, 2.75) is 26.3 Å². The van der Waals surface area contributed by atoms with Gasteiger partial charge in [0.05, 0.1) is 23.2 Å². The summed E-state index contributed by atoms with van der Waals surface area (Å²) in [5.74, 6) is 0.750. The molecule has 0 atom stereocenters. The lowest BCUT2D eigenvalue weighted by Crippen LogP contribution is -2.23. The summed E-state index contributed by atoms with van der Waals surface area (Å²) in [6, 6.07) is 24.3. The molecule has 3 heterocycles. The van der Waals surface area contributed by atoms with Crippen LogP contribution in [0.1, 0.15) is 24.2 Å². The number of nitriles is 1. The van der Waals surface area contributed by atoms with Crippen LogP contribution in [-0.2, 0) is 11.3 Å². The van der Waals surface area contributed by atoms with Crippen LogP contribution >= 0.6 is 0 Å². The molecule has 0 fully saturated rings. The molecule has 5 aromatic rings. The highest BCUT2D eigenvalue weighted by Crippen LogP contribution is 2.25. The number of nitrogens with zero attached hydrogens (tertiary/aromatic N) is 5. The van der Waals surface area contributed by atoms with Gasteiger partial charge >= 0.3 is 0 Å². The lowest BCUT2D eigenvalue weighted by molar-refractivity contribution is -0.519. The third kappa shape index (κ3) is 4.09. The van der Waals surface area contributed by atoms with E-state index in [1.165, 1.54) is 0 Å². The number of rotatable bonds is 6. The van der Waals surface area contributed by atoms with Gasteiger partial charge in [0.2, 0.25) is 5.91 Å². The molecule has 0 saturated carbocycles. The quantitative estimate of drug-likeness (QED) is 0.398. The summed E-state index contributed by atoms with van der Waals surface area (Å²) in [5, 5.41) is 17.3. The van der Waals surface area contributed by atoms with Gasteiger partial charge in [0, 0.05) is 43.2 Å². The van der Waals surface area contributed by atoms with Gasteiger partial charge in [-0.1, -0.05) is 47.1 Å². The Morgan fingerprint density at radius 2 is 1.88 bits per heavy atom. The lowest BCUT2D eigenvalue weighted by Gasteiger charge is -2.05. The average molecular weight is 448 g/mol. The van der Waals surface area contributed by atoms with Crippen LogP contribution < -0.4 is 9.72 Å². The molecule has 0 aliphatic heterocycles. The molecule has 34 heavy (non-hydrogen) atoms. The molecule has 3 aromatic heterocycles. The molecule has 7 nitrogen and oxygen atoms in total. The van der Waals surface area contributed by atoms with Crippen molar-refractivity contribution in [2.24, 2.45) is 0 Å².